The van der Waals surface area contributed by atoms with E-state index in [0.29, 0.717) is 29.6 Å². The fourth-order valence-corrected chi connectivity index (χ4v) is 3.48. The van der Waals surface area contributed by atoms with Crippen molar-refractivity contribution >= 4 is 11.6 Å². The molecule has 4 nitrogen and oxygen atoms in total. The molecule has 25 heavy (non-hydrogen) atoms. The van der Waals surface area contributed by atoms with Gasteiger partial charge in [0, 0.05) is 24.7 Å². The van der Waals surface area contributed by atoms with Crippen molar-refractivity contribution < 1.29 is 9.18 Å². The molecule has 2 atom stereocenters. The second-order valence-corrected chi connectivity index (χ2v) is 6.72. The van der Waals surface area contributed by atoms with Crippen LogP contribution in [-0.2, 0) is 4.79 Å². The van der Waals surface area contributed by atoms with E-state index in [9.17, 15) is 9.18 Å². The second kappa shape index (κ2) is 7.76. The quantitative estimate of drug-likeness (QED) is 0.879. The van der Waals surface area contributed by atoms with Crippen LogP contribution in [0.15, 0.2) is 48.5 Å². The summed E-state index contributed by atoms with van der Waals surface area (Å²) in [6.45, 7) is 4.19. The van der Waals surface area contributed by atoms with Crippen LogP contribution in [0.3, 0.4) is 0 Å². The zero-order valence-electron chi connectivity index (χ0n) is 14.4. The highest BCUT2D eigenvalue weighted by atomic mass is 19.1. The number of halogens is 1. The summed E-state index contributed by atoms with van der Waals surface area (Å²) >= 11 is 0. The van der Waals surface area contributed by atoms with Crippen molar-refractivity contribution in [3.05, 3.63) is 65.5 Å². The molecule has 0 radical (unpaired) electrons. The molecule has 1 heterocycles. The van der Waals surface area contributed by atoms with Crippen LogP contribution in [-0.4, -0.2) is 37.0 Å². The minimum atomic E-state index is -0.314. The Morgan fingerprint density at radius 3 is 2.68 bits per heavy atom. The molecule has 2 aromatic rings. The third-order valence-corrected chi connectivity index (χ3v) is 4.87. The molecular formula is C20H24FN3O. The second-order valence-electron chi connectivity index (χ2n) is 6.72. The molecule has 1 aliphatic heterocycles. The maximum atomic E-state index is 13.6. The fourth-order valence-electron chi connectivity index (χ4n) is 3.48. The number of carbonyl (C=O) groups is 1. The molecule has 1 aliphatic rings. The van der Waals surface area contributed by atoms with Gasteiger partial charge in [0.25, 0.3) is 0 Å². The molecule has 0 unspecified atom stereocenters. The highest BCUT2D eigenvalue weighted by Gasteiger charge is 2.33. The Kier molecular flexibility index (Phi) is 5.46. The minimum absolute atomic E-state index is 0.132. The smallest absolute Gasteiger partial charge is 0.238 e. The lowest BCUT2D eigenvalue weighted by Crippen LogP contribution is -2.32. The number of amides is 1. The van der Waals surface area contributed by atoms with E-state index in [0.717, 1.165) is 13.1 Å². The lowest BCUT2D eigenvalue weighted by Gasteiger charge is -2.16. The summed E-state index contributed by atoms with van der Waals surface area (Å²) in [7, 11) is 0. The molecule has 1 fully saturated rings. The zero-order valence-corrected chi connectivity index (χ0v) is 14.4. The van der Waals surface area contributed by atoms with Crippen LogP contribution in [0.4, 0.5) is 10.1 Å². The number of rotatable bonds is 5. The van der Waals surface area contributed by atoms with E-state index < -0.39 is 0 Å². The van der Waals surface area contributed by atoms with Gasteiger partial charge in [0.05, 0.1) is 6.54 Å². The van der Waals surface area contributed by atoms with Gasteiger partial charge in [0.1, 0.15) is 5.82 Å². The standard InChI is InChI=1S/C20H24FN3O/c1-14-7-8-17(9-19(14)21)23-20(25)13-24-11-16(10-22)18(12-24)15-5-3-2-4-6-15/h2-9,16,18H,10-13,22H2,1H3,(H,23,25)/t16-,18+/m1/s1. The molecule has 0 spiro atoms. The molecule has 0 aromatic heterocycles. The Bertz CT molecular complexity index is 735. The predicted octanol–water partition coefficient (Wildman–Crippen LogP) is 2.75. The van der Waals surface area contributed by atoms with Crippen LogP contribution >= 0.6 is 0 Å². The van der Waals surface area contributed by atoms with Crippen molar-refractivity contribution in [2.45, 2.75) is 12.8 Å². The Morgan fingerprint density at radius 1 is 1.24 bits per heavy atom. The molecule has 1 saturated heterocycles. The minimum Gasteiger partial charge on any atom is -0.330 e. The molecule has 3 rings (SSSR count). The summed E-state index contributed by atoms with van der Waals surface area (Å²) in [5.74, 6) is 0.238. The average Bonchev–Trinajstić information content (AvgIpc) is 3.01. The van der Waals surface area contributed by atoms with Gasteiger partial charge in [-0.1, -0.05) is 36.4 Å². The summed E-state index contributed by atoms with van der Waals surface area (Å²) in [4.78, 5) is 14.4. The first-order chi connectivity index (χ1) is 12.1. The van der Waals surface area contributed by atoms with Crippen molar-refractivity contribution in [2.24, 2.45) is 11.7 Å². The number of nitrogens with zero attached hydrogens (tertiary/aromatic N) is 1. The lowest BCUT2D eigenvalue weighted by atomic mass is 9.89. The van der Waals surface area contributed by atoms with Crippen molar-refractivity contribution in [3.63, 3.8) is 0 Å². The van der Waals surface area contributed by atoms with Crippen LogP contribution < -0.4 is 11.1 Å². The first kappa shape index (κ1) is 17.6. The van der Waals surface area contributed by atoms with E-state index in [-0.39, 0.29) is 18.3 Å². The summed E-state index contributed by atoms with van der Waals surface area (Å²) in [5, 5.41) is 2.77. The van der Waals surface area contributed by atoms with Gasteiger partial charge in [-0.15, -0.1) is 0 Å². The SMILES string of the molecule is Cc1ccc(NC(=O)CN2C[C@@H](CN)[C@H](c3ccccc3)C2)cc1F. The number of anilines is 1. The highest BCUT2D eigenvalue weighted by molar-refractivity contribution is 5.92. The maximum absolute atomic E-state index is 13.6. The Balaban J connectivity index is 1.61. The Morgan fingerprint density at radius 2 is 2.00 bits per heavy atom. The van der Waals surface area contributed by atoms with E-state index in [1.54, 1.807) is 19.1 Å². The van der Waals surface area contributed by atoms with E-state index in [1.165, 1.54) is 11.6 Å². The number of carbonyl (C=O) groups excluding carboxylic acids is 1. The molecule has 0 aliphatic carbocycles. The number of likely N-dealkylation sites (tertiary alicyclic amines) is 1. The third kappa shape index (κ3) is 4.24. The Labute approximate surface area is 147 Å². The van der Waals surface area contributed by atoms with E-state index in [2.05, 4.69) is 22.3 Å². The van der Waals surface area contributed by atoms with Crippen molar-refractivity contribution in [1.29, 1.82) is 0 Å². The fraction of sp³-hybridized carbons (Fsp3) is 0.350. The monoisotopic (exact) mass is 341 g/mol. The van der Waals surface area contributed by atoms with Crippen molar-refractivity contribution in [3.8, 4) is 0 Å². The van der Waals surface area contributed by atoms with Gasteiger partial charge in [0.15, 0.2) is 0 Å². The number of hydrogen-bond donors (Lipinski definition) is 2. The van der Waals surface area contributed by atoms with Gasteiger partial charge < -0.3 is 11.1 Å². The zero-order chi connectivity index (χ0) is 17.8. The maximum Gasteiger partial charge on any atom is 0.238 e. The highest BCUT2D eigenvalue weighted by Crippen LogP contribution is 2.31. The van der Waals surface area contributed by atoms with Gasteiger partial charge in [-0.25, -0.2) is 4.39 Å². The topological polar surface area (TPSA) is 58.4 Å². The van der Waals surface area contributed by atoms with Crippen LogP contribution in [0.25, 0.3) is 0 Å². The number of aryl methyl sites for hydroxylation is 1. The molecule has 2 aromatic carbocycles. The predicted molar refractivity (Wildman–Crippen MR) is 97.9 cm³/mol. The van der Waals surface area contributed by atoms with Gasteiger partial charge in [-0.3, -0.25) is 9.69 Å². The Hall–Kier alpha value is -2.24. The normalized spacial score (nSPS) is 20.6. The molecule has 132 valence electrons. The van der Waals surface area contributed by atoms with Gasteiger partial charge in [-0.05, 0) is 42.6 Å². The number of nitrogens with two attached hydrogens (primary N) is 1. The summed E-state index contributed by atoms with van der Waals surface area (Å²) in [6, 6.07) is 15.0. The first-order valence-corrected chi connectivity index (χ1v) is 8.60. The van der Waals surface area contributed by atoms with Gasteiger partial charge in [-0.2, -0.15) is 0 Å². The van der Waals surface area contributed by atoms with Crippen LogP contribution in [0.2, 0.25) is 0 Å². The van der Waals surface area contributed by atoms with Crippen molar-refractivity contribution in [1.82, 2.24) is 4.90 Å². The van der Waals surface area contributed by atoms with E-state index in [4.69, 9.17) is 5.73 Å². The third-order valence-electron chi connectivity index (χ3n) is 4.87. The van der Waals surface area contributed by atoms with Crippen LogP contribution in [0.5, 0.6) is 0 Å². The summed E-state index contributed by atoms with van der Waals surface area (Å²) in [6.07, 6.45) is 0. The molecule has 0 bridgehead atoms. The average molecular weight is 341 g/mol. The molecule has 1 amide bonds. The van der Waals surface area contributed by atoms with Crippen LogP contribution in [0.1, 0.15) is 17.0 Å². The summed E-state index contributed by atoms with van der Waals surface area (Å²) in [5.41, 5.74) is 8.26. The largest absolute Gasteiger partial charge is 0.330 e. The van der Waals surface area contributed by atoms with Gasteiger partial charge in [0.2, 0.25) is 5.91 Å². The molecule has 3 N–H and O–H groups in total. The van der Waals surface area contributed by atoms with Gasteiger partial charge >= 0.3 is 0 Å². The van der Waals surface area contributed by atoms with Crippen molar-refractivity contribution in [2.75, 3.05) is 31.5 Å². The molecule has 0 saturated carbocycles. The summed E-state index contributed by atoms with van der Waals surface area (Å²) < 4.78 is 13.6. The first-order valence-electron chi connectivity index (χ1n) is 8.60. The number of nitrogens with one attached hydrogen (secondary N) is 1. The van der Waals surface area contributed by atoms with Crippen LogP contribution in [0, 0.1) is 18.7 Å². The lowest BCUT2D eigenvalue weighted by molar-refractivity contribution is -0.117. The van der Waals surface area contributed by atoms with E-state index >= 15 is 0 Å². The number of benzene rings is 2. The number of hydrogen-bond acceptors (Lipinski definition) is 3. The molecular weight excluding hydrogens is 317 g/mol. The van der Waals surface area contributed by atoms with E-state index in [1.807, 2.05) is 18.2 Å². The molecule has 5 heteroatoms.